The third-order valence-electron chi connectivity index (χ3n) is 1.55. The molecule has 1 atom stereocenters. The van der Waals surface area contributed by atoms with E-state index >= 15 is 0 Å². The van der Waals surface area contributed by atoms with E-state index in [1.54, 1.807) is 0 Å². The Morgan fingerprint density at radius 1 is 1.70 bits per heavy atom. The van der Waals surface area contributed by atoms with E-state index in [4.69, 9.17) is 0 Å². The molecule has 0 aromatic heterocycles. The van der Waals surface area contributed by atoms with Gasteiger partial charge in [-0.15, -0.1) is 0 Å². The maximum absolute atomic E-state index is 3.91. The van der Waals surface area contributed by atoms with E-state index in [0.717, 1.165) is 0 Å². The van der Waals surface area contributed by atoms with E-state index in [2.05, 4.69) is 25.1 Å². The van der Waals surface area contributed by atoms with Gasteiger partial charge in [-0.3, -0.25) is 0 Å². The maximum Gasteiger partial charge on any atom is 0.0279 e. The maximum atomic E-state index is 3.91. The van der Waals surface area contributed by atoms with Crippen LogP contribution in [-0.2, 0) is 0 Å². The highest BCUT2D eigenvalue weighted by molar-refractivity contribution is 7.98. The molecule has 0 fully saturated rings. The molecular weight excluding hydrogens is 142 g/mol. The van der Waals surface area contributed by atoms with Crippen LogP contribution in [0.4, 0.5) is 0 Å². The molecule has 0 heterocycles. The quantitative estimate of drug-likeness (QED) is 0.615. The minimum absolute atomic E-state index is 0.507. The van der Waals surface area contributed by atoms with Crippen molar-refractivity contribution < 1.29 is 0 Å². The lowest BCUT2D eigenvalue weighted by molar-refractivity contribution is 0.623. The minimum atomic E-state index is 0.507. The molecule has 0 saturated heterocycles. The topological polar surface area (TPSA) is 12.0 Å². The number of thioether (sulfide) groups is 1. The molecule has 2 heteroatoms. The SMILES string of the molecule is C=C(C)C(CCSC)NC. The second-order valence-electron chi connectivity index (χ2n) is 2.47. The Kier molecular flexibility index (Phi) is 5.84. The standard InChI is InChI=1S/C8H17NS/c1-7(2)8(9-3)5-6-10-4/h8-9H,1,5-6H2,2-4H3. The van der Waals surface area contributed by atoms with Gasteiger partial charge in [0, 0.05) is 6.04 Å². The second-order valence-corrected chi connectivity index (χ2v) is 3.45. The molecular formula is C8H17NS. The first-order chi connectivity index (χ1) is 4.72. The van der Waals surface area contributed by atoms with Crippen molar-refractivity contribution in [2.75, 3.05) is 19.1 Å². The van der Waals surface area contributed by atoms with Crippen LogP contribution in [0.15, 0.2) is 12.2 Å². The predicted molar refractivity (Wildman–Crippen MR) is 50.7 cm³/mol. The number of nitrogens with one attached hydrogen (secondary N) is 1. The Hall–Kier alpha value is 0.0500. The van der Waals surface area contributed by atoms with E-state index in [-0.39, 0.29) is 0 Å². The Bertz CT molecular complexity index is 101. The van der Waals surface area contributed by atoms with Gasteiger partial charge in [-0.2, -0.15) is 11.8 Å². The van der Waals surface area contributed by atoms with E-state index in [1.807, 2.05) is 18.8 Å². The largest absolute Gasteiger partial charge is 0.313 e. The molecule has 0 saturated carbocycles. The van der Waals surface area contributed by atoms with Crippen molar-refractivity contribution >= 4 is 11.8 Å². The monoisotopic (exact) mass is 159 g/mol. The summed E-state index contributed by atoms with van der Waals surface area (Å²) in [6.07, 6.45) is 3.32. The van der Waals surface area contributed by atoms with Crippen molar-refractivity contribution in [3.05, 3.63) is 12.2 Å². The number of hydrogen-bond donors (Lipinski definition) is 1. The first-order valence-electron chi connectivity index (χ1n) is 3.54. The molecule has 0 radical (unpaired) electrons. The number of hydrogen-bond acceptors (Lipinski definition) is 2. The first-order valence-corrected chi connectivity index (χ1v) is 4.93. The van der Waals surface area contributed by atoms with Crippen LogP contribution >= 0.6 is 11.8 Å². The van der Waals surface area contributed by atoms with E-state index < -0.39 is 0 Å². The van der Waals surface area contributed by atoms with Crippen molar-refractivity contribution in [1.82, 2.24) is 5.32 Å². The molecule has 0 aliphatic rings. The molecule has 0 bridgehead atoms. The fraction of sp³-hybridized carbons (Fsp3) is 0.750. The van der Waals surface area contributed by atoms with E-state index in [1.165, 1.54) is 17.7 Å². The summed E-state index contributed by atoms with van der Waals surface area (Å²) in [6.45, 7) is 5.98. The van der Waals surface area contributed by atoms with Crippen LogP contribution in [0.25, 0.3) is 0 Å². The minimum Gasteiger partial charge on any atom is -0.313 e. The molecule has 0 aliphatic heterocycles. The van der Waals surface area contributed by atoms with E-state index in [0.29, 0.717) is 6.04 Å². The lowest BCUT2D eigenvalue weighted by atomic mass is 10.1. The molecule has 0 amide bonds. The van der Waals surface area contributed by atoms with Crippen LogP contribution in [0.5, 0.6) is 0 Å². The zero-order chi connectivity index (χ0) is 7.98. The first kappa shape index (κ1) is 10.0. The lowest BCUT2D eigenvalue weighted by Gasteiger charge is -2.14. The second kappa shape index (κ2) is 5.81. The summed E-state index contributed by atoms with van der Waals surface area (Å²) < 4.78 is 0. The van der Waals surface area contributed by atoms with Gasteiger partial charge in [-0.1, -0.05) is 12.2 Å². The van der Waals surface area contributed by atoms with Crippen molar-refractivity contribution in [2.45, 2.75) is 19.4 Å². The summed E-state index contributed by atoms with van der Waals surface area (Å²) in [5, 5.41) is 3.22. The molecule has 0 aliphatic carbocycles. The lowest BCUT2D eigenvalue weighted by Crippen LogP contribution is -2.26. The van der Waals surface area contributed by atoms with Gasteiger partial charge in [-0.25, -0.2) is 0 Å². The molecule has 10 heavy (non-hydrogen) atoms. The van der Waals surface area contributed by atoms with Gasteiger partial charge in [0.2, 0.25) is 0 Å². The average Bonchev–Trinajstić information content (AvgIpc) is 1.89. The smallest absolute Gasteiger partial charge is 0.0279 e. The van der Waals surface area contributed by atoms with Crippen LogP contribution in [0.2, 0.25) is 0 Å². The van der Waals surface area contributed by atoms with Crippen molar-refractivity contribution in [3.8, 4) is 0 Å². The summed E-state index contributed by atoms with van der Waals surface area (Å²) >= 11 is 1.88. The molecule has 0 spiro atoms. The average molecular weight is 159 g/mol. The Balaban J connectivity index is 3.50. The zero-order valence-electron chi connectivity index (χ0n) is 7.11. The predicted octanol–water partition coefficient (Wildman–Crippen LogP) is 1.90. The Morgan fingerprint density at radius 2 is 2.30 bits per heavy atom. The number of rotatable bonds is 5. The van der Waals surface area contributed by atoms with Crippen molar-refractivity contribution in [3.63, 3.8) is 0 Å². The number of likely N-dealkylation sites (N-methyl/N-ethyl adjacent to an activating group) is 1. The Labute approximate surface area is 68.3 Å². The fourth-order valence-electron chi connectivity index (χ4n) is 0.873. The third-order valence-corrected chi connectivity index (χ3v) is 2.20. The molecule has 60 valence electrons. The van der Waals surface area contributed by atoms with Crippen LogP contribution in [0.1, 0.15) is 13.3 Å². The van der Waals surface area contributed by atoms with Crippen LogP contribution in [0.3, 0.4) is 0 Å². The molecule has 0 aromatic rings. The van der Waals surface area contributed by atoms with Gasteiger partial charge in [0.05, 0.1) is 0 Å². The summed E-state index contributed by atoms with van der Waals surface area (Å²) in [5.41, 5.74) is 1.23. The summed E-state index contributed by atoms with van der Waals surface area (Å²) in [5.74, 6) is 1.21. The molecule has 0 aromatic carbocycles. The van der Waals surface area contributed by atoms with E-state index in [9.17, 15) is 0 Å². The summed E-state index contributed by atoms with van der Waals surface area (Å²) in [7, 11) is 1.99. The summed E-state index contributed by atoms with van der Waals surface area (Å²) in [6, 6.07) is 0.507. The van der Waals surface area contributed by atoms with Gasteiger partial charge >= 0.3 is 0 Å². The van der Waals surface area contributed by atoms with Crippen molar-refractivity contribution in [1.29, 1.82) is 0 Å². The normalized spacial score (nSPS) is 13.1. The van der Waals surface area contributed by atoms with Gasteiger partial charge in [0.25, 0.3) is 0 Å². The highest BCUT2D eigenvalue weighted by Gasteiger charge is 2.03. The van der Waals surface area contributed by atoms with Gasteiger partial charge < -0.3 is 5.32 Å². The molecule has 0 rings (SSSR count). The van der Waals surface area contributed by atoms with Gasteiger partial charge in [0.15, 0.2) is 0 Å². The zero-order valence-corrected chi connectivity index (χ0v) is 7.92. The van der Waals surface area contributed by atoms with Crippen LogP contribution in [0, 0.1) is 0 Å². The fourth-order valence-corrected chi connectivity index (χ4v) is 1.34. The molecule has 1 N–H and O–H groups in total. The van der Waals surface area contributed by atoms with Gasteiger partial charge in [-0.05, 0) is 32.4 Å². The van der Waals surface area contributed by atoms with Gasteiger partial charge in [0.1, 0.15) is 0 Å². The highest BCUT2D eigenvalue weighted by atomic mass is 32.2. The highest BCUT2D eigenvalue weighted by Crippen LogP contribution is 2.06. The molecule has 1 unspecified atom stereocenters. The Morgan fingerprint density at radius 3 is 2.60 bits per heavy atom. The molecule has 1 nitrogen and oxygen atoms in total. The van der Waals surface area contributed by atoms with Crippen molar-refractivity contribution in [2.24, 2.45) is 0 Å². The summed E-state index contributed by atoms with van der Waals surface area (Å²) in [4.78, 5) is 0. The third kappa shape index (κ3) is 3.96. The van der Waals surface area contributed by atoms with Crippen LogP contribution < -0.4 is 5.32 Å². The van der Waals surface area contributed by atoms with Crippen LogP contribution in [-0.4, -0.2) is 25.1 Å².